The Morgan fingerprint density at radius 1 is 0.926 bits per heavy atom. The number of halogens is 1. The summed E-state index contributed by atoms with van der Waals surface area (Å²) < 4.78 is 23.4. The molecule has 7 nitrogen and oxygen atoms in total. The van der Waals surface area contributed by atoms with Gasteiger partial charge in [0.25, 0.3) is 5.91 Å². The molecule has 0 aliphatic carbocycles. The number of methoxy groups -OCH3 is 2. The summed E-state index contributed by atoms with van der Waals surface area (Å²) in [5.41, 5.74) is 1.34. The van der Waals surface area contributed by atoms with Crippen molar-refractivity contribution in [1.82, 2.24) is 9.97 Å². The van der Waals surface area contributed by atoms with Gasteiger partial charge >= 0.3 is 0 Å². The minimum absolute atomic E-state index is 0.171. The summed E-state index contributed by atoms with van der Waals surface area (Å²) in [6, 6.07) is 12.3. The maximum absolute atomic E-state index is 13.0. The van der Waals surface area contributed by atoms with Crippen molar-refractivity contribution >= 4 is 23.1 Å². The first kappa shape index (κ1) is 18.1. The highest BCUT2D eigenvalue weighted by molar-refractivity contribution is 6.03. The number of amides is 1. The van der Waals surface area contributed by atoms with Crippen LogP contribution in [0.25, 0.3) is 0 Å². The van der Waals surface area contributed by atoms with Gasteiger partial charge in [0.05, 0.1) is 14.2 Å². The van der Waals surface area contributed by atoms with Crippen LogP contribution < -0.4 is 20.1 Å². The van der Waals surface area contributed by atoms with Crippen LogP contribution in [0.5, 0.6) is 11.5 Å². The van der Waals surface area contributed by atoms with Gasteiger partial charge in [-0.25, -0.2) is 14.4 Å². The SMILES string of the molecule is COc1ccc(NC(=O)c2cc(Nc3ccc(F)cc3)ncn2)cc1OC. The highest BCUT2D eigenvalue weighted by Crippen LogP contribution is 2.29. The molecule has 0 atom stereocenters. The van der Waals surface area contributed by atoms with Gasteiger partial charge in [0, 0.05) is 23.5 Å². The second kappa shape index (κ2) is 8.13. The number of rotatable bonds is 6. The molecule has 0 aliphatic heterocycles. The van der Waals surface area contributed by atoms with Gasteiger partial charge < -0.3 is 20.1 Å². The molecule has 8 heteroatoms. The first-order valence-electron chi connectivity index (χ1n) is 7.97. The molecule has 2 N–H and O–H groups in total. The van der Waals surface area contributed by atoms with Crippen LogP contribution in [-0.2, 0) is 0 Å². The first-order chi connectivity index (χ1) is 13.1. The van der Waals surface area contributed by atoms with E-state index in [2.05, 4.69) is 20.6 Å². The third-order valence-corrected chi connectivity index (χ3v) is 3.66. The average Bonchev–Trinajstić information content (AvgIpc) is 2.70. The van der Waals surface area contributed by atoms with E-state index in [0.717, 1.165) is 0 Å². The van der Waals surface area contributed by atoms with E-state index >= 15 is 0 Å². The average molecular weight is 368 g/mol. The molecule has 0 bridgehead atoms. The Labute approximate surface area is 155 Å². The van der Waals surface area contributed by atoms with Gasteiger partial charge in [-0.1, -0.05) is 0 Å². The highest BCUT2D eigenvalue weighted by Gasteiger charge is 2.11. The Balaban J connectivity index is 1.74. The van der Waals surface area contributed by atoms with Gasteiger partial charge in [-0.3, -0.25) is 4.79 Å². The maximum Gasteiger partial charge on any atom is 0.274 e. The molecule has 0 saturated heterocycles. The van der Waals surface area contributed by atoms with E-state index < -0.39 is 5.91 Å². The number of nitrogens with zero attached hydrogens (tertiary/aromatic N) is 2. The Bertz CT molecular complexity index is 948. The lowest BCUT2D eigenvalue weighted by atomic mass is 10.2. The van der Waals surface area contributed by atoms with Crippen molar-refractivity contribution in [2.45, 2.75) is 0 Å². The molecule has 27 heavy (non-hydrogen) atoms. The smallest absolute Gasteiger partial charge is 0.274 e. The van der Waals surface area contributed by atoms with E-state index in [1.165, 1.54) is 38.7 Å². The number of nitrogens with one attached hydrogen (secondary N) is 2. The zero-order valence-corrected chi connectivity index (χ0v) is 14.7. The highest BCUT2D eigenvalue weighted by atomic mass is 19.1. The van der Waals surface area contributed by atoms with Crippen molar-refractivity contribution in [3.63, 3.8) is 0 Å². The molecule has 0 saturated carbocycles. The molecule has 2 aromatic carbocycles. The Morgan fingerprint density at radius 3 is 2.33 bits per heavy atom. The van der Waals surface area contributed by atoms with Crippen LogP contribution in [0.4, 0.5) is 21.6 Å². The van der Waals surface area contributed by atoms with Crippen LogP contribution in [-0.4, -0.2) is 30.1 Å². The first-order valence-corrected chi connectivity index (χ1v) is 7.97. The van der Waals surface area contributed by atoms with Crippen LogP contribution in [0.15, 0.2) is 54.9 Å². The minimum Gasteiger partial charge on any atom is -0.493 e. The Morgan fingerprint density at radius 2 is 1.63 bits per heavy atom. The molecule has 1 heterocycles. The van der Waals surface area contributed by atoms with Crippen LogP contribution >= 0.6 is 0 Å². The number of carbonyl (C=O) groups is 1. The normalized spacial score (nSPS) is 10.2. The Kier molecular flexibility index (Phi) is 5.46. The molecule has 0 unspecified atom stereocenters. The Hall–Kier alpha value is -3.68. The van der Waals surface area contributed by atoms with Crippen molar-refractivity contribution < 1.29 is 18.7 Å². The molecule has 0 fully saturated rings. The van der Waals surface area contributed by atoms with Crippen molar-refractivity contribution in [2.75, 3.05) is 24.9 Å². The monoisotopic (exact) mass is 368 g/mol. The summed E-state index contributed by atoms with van der Waals surface area (Å²) >= 11 is 0. The topological polar surface area (TPSA) is 85.4 Å². The second-order valence-corrected chi connectivity index (χ2v) is 5.44. The molecule has 3 aromatic rings. The maximum atomic E-state index is 13.0. The number of anilines is 3. The number of hydrogen-bond donors (Lipinski definition) is 2. The standard InChI is InChI=1S/C19H17FN4O3/c1-26-16-8-7-14(9-17(16)27-2)24-19(25)15-10-18(22-11-21-15)23-13-5-3-12(20)4-6-13/h3-11H,1-2H3,(H,24,25)(H,21,22,23). The fraction of sp³-hybridized carbons (Fsp3) is 0.105. The van der Waals surface area contributed by atoms with E-state index in [9.17, 15) is 9.18 Å². The quantitative estimate of drug-likeness (QED) is 0.691. The zero-order valence-electron chi connectivity index (χ0n) is 14.7. The molecule has 1 aromatic heterocycles. The van der Waals surface area contributed by atoms with E-state index in [4.69, 9.17) is 9.47 Å². The number of benzene rings is 2. The zero-order chi connectivity index (χ0) is 19.2. The summed E-state index contributed by atoms with van der Waals surface area (Å²) in [4.78, 5) is 20.5. The van der Waals surface area contributed by atoms with Gasteiger partial charge in [0.15, 0.2) is 11.5 Å². The number of hydrogen-bond acceptors (Lipinski definition) is 6. The van der Waals surface area contributed by atoms with Crippen molar-refractivity contribution in [3.05, 3.63) is 66.4 Å². The van der Waals surface area contributed by atoms with Crippen molar-refractivity contribution in [1.29, 1.82) is 0 Å². The molecular formula is C19H17FN4O3. The van der Waals surface area contributed by atoms with Crippen LogP contribution in [0.1, 0.15) is 10.5 Å². The lowest BCUT2D eigenvalue weighted by Crippen LogP contribution is -2.14. The molecule has 0 spiro atoms. The summed E-state index contributed by atoms with van der Waals surface area (Å²) in [7, 11) is 3.05. The van der Waals surface area contributed by atoms with Crippen molar-refractivity contribution in [3.8, 4) is 11.5 Å². The summed E-state index contributed by atoms with van der Waals surface area (Å²) in [5.74, 6) is 0.721. The van der Waals surface area contributed by atoms with E-state index in [1.54, 1.807) is 30.3 Å². The van der Waals surface area contributed by atoms with Crippen LogP contribution in [0, 0.1) is 5.82 Å². The fourth-order valence-corrected chi connectivity index (χ4v) is 2.34. The lowest BCUT2D eigenvalue weighted by molar-refractivity contribution is 0.102. The van der Waals surface area contributed by atoms with Gasteiger partial charge in [0.1, 0.15) is 23.7 Å². The van der Waals surface area contributed by atoms with Gasteiger partial charge in [-0.05, 0) is 36.4 Å². The predicted molar refractivity (Wildman–Crippen MR) is 99.2 cm³/mol. The van der Waals surface area contributed by atoms with Gasteiger partial charge in [-0.2, -0.15) is 0 Å². The fourth-order valence-electron chi connectivity index (χ4n) is 2.34. The van der Waals surface area contributed by atoms with E-state index in [-0.39, 0.29) is 11.5 Å². The second-order valence-electron chi connectivity index (χ2n) is 5.44. The molecular weight excluding hydrogens is 351 g/mol. The molecule has 138 valence electrons. The van der Waals surface area contributed by atoms with Crippen LogP contribution in [0.3, 0.4) is 0 Å². The summed E-state index contributed by atoms with van der Waals surface area (Å²) in [5, 5.41) is 5.73. The van der Waals surface area contributed by atoms with E-state index in [1.807, 2.05) is 0 Å². The number of ether oxygens (including phenoxy) is 2. The molecule has 3 rings (SSSR count). The van der Waals surface area contributed by atoms with Crippen LogP contribution in [0.2, 0.25) is 0 Å². The molecule has 0 radical (unpaired) electrons. The summed E-state index contributed by atoms with van der Waals surface area (Å²) in [6.45, 7) is 0. The molecule has 1 amide bonds. The largest absolute Gasteiger partial charge is 0.493 e. The van der Waals surface area contributed by atoms with E-state index in [0.29, 0.717) is 28.7 Å². The lowest BCUT2D eigenvalue weighted by Gasteiger charge is -2.11. The van der Waals surface area contributed by atoms with Crippen molar-refractivity contribution in [2.24, 2.45) is 0 Å². The third kappa shape index (κ3) is 4.49. The number of aromatic nitrogens is 2. The minimum atomic E-state index is -0.410. The molecule has 0 aliphatic rings. The summed E-state index contributed by atoms with van der Waals surface area (Å²) in [6.07, 6.45) is 1.27. The predicted octanol–water partition coefficient (Wildman–Crippen LogP) is 3.63. The van der Waals surface area contributed by atoms with Gasteiger partial charge in [-0.15, -0.1) is 0 Å². The third-order valence-electron chi connectivity index (χ3n) is 3.66. The van der Waals surface area contributed by atoms with Gasteiger partial charge in [0.2, 0.25) is 0 Å². The number of carbonyl (C=O) groups excluding carboxylic acids is 1.